The van der Waals surface area contributed by atoms with Crippen molar-refractivity contribution >= 4 is 23.4 Å². The number of carbonyl (C=O) groups is 1. The molecule has 1 unspecified atom stereocenters. The van der Waals surface area contributed by atoms with Crippen LogP contribution in [0.2, 0.25) is 0 Å². The van der Waals surface area contributed by atoms with Gasteiger partial charge < -0.3 is 5.32 Å². The summed E-state index contributed by atoms with van der Waals surface area (Å²) in [6.45, 7) is 2.08. The predicted octanol–water partition coefficient (Wildman–Crippen LogP) is 4.54. The van der Waals surface area contributed by atoms with Gasteiger partial charge in [-0.25, -0.2) is 0 Å². The van der Waals surface area contributed by atoms with Crippen LogP contribution in [0.25, 0.3) is 0 Å². The molecule has 0 saturated heterocycles. The average Bonchev–Trinajstić information content (AvgIpc) is 2.48. The molecule has 0 radical (unpaired) electrons. The Labute approximate surface area is 124 Å². The molecule has 104 valence electrons. The number of anilines is 1. The number of nitrogens with one attached hydrogen (secondary N) is 1. The number of hydrogen-bond donors (Lipinski definition) is 1. The fraction of sp³-hybridized carbons (Fsp3) is 0.235. The van der Waals surface area contributed by atoms with E-state index in [0.29, 0.717) is 6.42 Å². The largest absolute Gasteiger partial charge is 0.326 e. The van der Waals surface area contributed by atoms with Gasteiger partial charge in [-0.1, -0.05) is 43.3 Å². The van der Waals surface area contributed by atoms with Gasteiger partial charge in [-0.2, -0.15) is 0 Å². The average molecular weight is 285 g/mol. The zero-order valence-corrected chi connectivity index (χ0v) is 12.6. The van der Waals surface area contributed by atoms with E-state index in [4.69, 9.17) is 0 Å². The van der Waals surface area contributed by atoms with Crippen molar-refractivity contribution in [3.05, 3.63) is 60.2 Å². The van der Waals surface area contributed by atoms with Crippen LogP contribution in [0.15, 0.2) is 59.5 Å². The van der Waals surface area contributed by atoms with Gasteiger partial charge in [-0.15, -0.1) is 11.8 Å². The second-order valence-electron chi connectivity index (χ2n) is 4.80. The smallest absolute Gasteiger partial charge is 0.224 e. The van der Waals surface area contributed by atoms with Crippen LogP contribution in [0, 0.1) is 0 Å². The van der Waals surface area contributed by atoms with Gasteiger partial charge in [0.05, 0.1) is 0 Å². The van der Waals surface area contributed by atoms with Crippen LogP contribution in [0.3, 0.4) is 0 Å². The quantitative estimate of drug-likeness (QED) is 0.817. The first-order chi connectivity index (χ1) is 9.69. The number of amides is 1. The third kappa shape index (κ3) is 4.14. The van der Waals surface area contributed by atoms with Crippen LogP contribution in [0.5, 0.6) is 0 Å². The highest BCUT2D eigenvalue weighted by Crippen LogP contribution is 2.21. The lowest BCUT2D eigenvalue weighted by Gasteiger charge is -2.12. The van der Waals surface area contributed by atoms with E-state index >= 15 is 0 Å². The van der Waals surface area contributed by atoms with Gasteiger partial charge in [0.1, 0.15) is 0 Å². The van der Waals surface area contributed by atoms with Crippen LogP contribution in [-0.4, -0.2) is 12.2 Å². The molecule has 0 heterocycles. The van der Waals surface area contributed by atoms with Crippen molar-refractivity contribution in [2.24, 2.45) is 0 Å². The number of hydrogen-bond acceptors (Lipinski definition) is 2. The summed E-state index contributed by atoms with van der Waals surface area (Å²) in [5.74, 6) is 0.277. The third-order valence-electron chi connectivity index (χ3n) is 3.21. The van der Waals surface area contributed by atoms with Gasteiger partial charge in [0.25, 0.3) is 0 Å². The fourth-order valence-corrected chi connectivity index (χ4v) is 2.55. The van der Waals surface area contributed by atoms with E-state index in [1.54, 1.807) is 11.8 Å². The Morgan fingerprint density at radius 2 is 1.90 bits per heavy atom. The molecule has 3 heteroatoms. The molecule has 0 aliphatic heterocycles. The normalized spacial score (nSPS) is 11.9. The molecule has 0 aromatic heterocycles. The highest BCUT2D eigenvalue weighted by atomic mass is 32.2. The Balaban J connectivity index is 1.95. The van der Waals surface area contributed by atoms with Gasteiger partial charge >= 0.3 is 0 Å². The zero-order chi connectivity index (χ0) is 14.4. The Bertz CT molecular complexity index is 568. The first-order valence-electron chi connectivity index (χ1n) is 6.68. The number of rotatable bonds is 5. The summed E-state index contributed by atoms with van der Waals surface area (Å²) < 4.78 is 0. The van der Waals surface area contributed by atoms with E-state index in [0.717, 1.165) is 10.6 Å². The monoisotopic (exact) mass is 285 g/mol. The van der Waals surface area contributed by atoms with Gasteiger partial charge in [0, 0.05) is 17.0 Å². The maximum atomic E-state index is 12.1. The number of carbonyl (C=O) groups excluding carboxylic acids is 1. The molecule has 0 aliphatic carbocycles. The lowest BCUT2D eigenvalue weighted by molar-refractivity contribution is -0.116. The molecular weight excluding hydrogens is 266 g/mol. The second kappa shape index (κ2) is 7.15. The summed E-state index contributed by atoms with van der Waals surface area (Å²) in [7, 11) is 0. The van der Waals surface area contributed by atoms with Crippen LogP contribution in [0.4, 0.5) is 5.69 Å². The Morgan fingerprint density at radius 3 is 2.60 bits per heavy atom. The molecule has 20 heavy (non-hydrogen) atoms. The van der Waals surface area contributed by atoms with Crippen molar-refractivity contribution < 1.29 is 4.79 Å². The zero-order valence-electron chi connectivity index (χ0n) is 11.8. The minimum atomic E-state index is 0.0552. The maximum absolute atomic E-state index is 12.1. The molecule has 2 nitrogen and oxygen atoms in total. The Kier molecular flexibility index (Phi) is 5.24. The molecule has 0 spiro atoms. The van der Waals surface area contributed by atoms with E-state index in [1.165, 1.54) is 5.56 Å². The molecule has 1 amide bonds. The van der Waals surface area contributed by atoms with Crippen molar-refractivity contribution in [1.82, 2.24) is 0 Å². The maximum Gasteiger partial charge on any atom is 0.224 e. The summed E-state index contributed by atoms with van der Waals surface area (Å²) in [5, 5.41) is 2.97. The summed E-state index contributed by atoms with van der Waals surface area (Å²) in [4.78, 5) is 13.2. The molecule has 1 atom stereocenters. The molecule has 0 bridgehead atoms. The van der Waals surface area contributed by atoms with Gasteiger partial charge in [-0.05, 0) is 35.9 Å². The van der Waals surface area contributed by atoms with Gasteiger partial charge in [0.2, 0.25) is 5.91 Å². The van der Waals surface area contributed by atoms with Gasteiger partial charge in [-0.3, -0.25) is 4.79 Å². The minimum Gasteiger partial charge on any atom is -0.326 e. The van der Waals surface area contributed by atoms with Crippen LogP contribution in [-0.2, 0) is 4.79 Å². The summed E-state index contributed by atoms with van der Waals surface area (Å²) in [6, 6.07) is 18.0. The molecular formula is C17H19NOS. The van der Waals surface area contributed by atoms with E-state index in [2.05, 4.69) is 24.4 Å². The van der Waals surface area contributed by atoms with Crippen molar-refractivity contribution in [1.29, 1.82) is 0 Å². The summed E-state index contributed by atoms with van der Waals surface area (Å²) in [6.07, 6.45) is 2.52. The number of thioether (sulfide) groups is 1. The molecule has 2 aromatic rings. The molecule has 2 aromatic carbocycles. The van der Waals surface area contributed by atoms with Gasteiger partial charge in [0.15, 0.2) is 0 Å². The lowest BCUT2D eigenvalue weighted by atomic mass is 9.97. The van der Waals surface area contributed by atoms with E-state index in [1.807, 2.05) is 48.7 Å². The molecule has 2 rings (SSSR count). The molecule has 0 saturated carbocycles. The first kappa shape index (κ1) is 14.7. The Hall–Kier alpha value is -1.74. The minimum absolute atomic E-state index is 0.0552. The molecule has 0 aliphatic rings. The topological polar surface area (TPSA) is 29.1 Å². The number of benzene rings is 2. The second-order valence-corrected chi connectivity index (χ2v) is 5.68. The predicted molar refractivity (Wildman–Crippen MR) is 86.3 cm³/mol. The highest BCUT2D eigenvalue weighted by Gasteiger charge is 2.11. The molecule has 1 N–H and O–H groups in total. The first-order valence-corrected chi connectivity index (χ1v) is 7.90. The lowest BCUT2D eigenvalue weighted by Crippen LogP contribution is -2.14. The van der Waals surface area contributed by atoms with Crippen molar-refractivity contribution in [2.75, 3.05) is 11.6 Å². The third-order valence-corrected chi connectivity index (χ3v) is 3.94. The van der Waals surface area contributed by atoms with Crippen LogP contribution in [0.1, 0.15) is 24.8 Å². The van der Waals surface area contributed by atoms with Crippen LogP contribution >= 0.6 is 11.8 Å². The highest BCUT2D eigenvalue weighted by molar-refractivity contribution is 7.98. The summed E-state index contributed by atoms with van der Waals surface area (Å²) >= 11 is 1.67. The standard InChI is InChI=1S/C17H19NOS/c1-13(14-7-4-3-5-8-14)11-17(19)18-15-9-6-10-16(12-15)20-2/h3-10,12-13H,11H2,1-2H3,(H,18,19). The molecule has 0 fully saturated rings. The van der Waals surface area contributed by atoms with E-state index in [9.17, 15) is 4.79 Å². The van der Waals surface area contributed by atoms with Crippen molar-refractivity contribution in [3.63, 3.8) is 0 Å². The van der Waals surface area contributed by atoms with E-state index < -0.39 is 0 Å². The Morgan fingerprint density at radius 1 is 1.15 bits per heavy atom. The van der Waals surface area contributed by atoms with E-state index in [-0.39, 0.29) is 11.8 Å². The van der Waals surface area contributed by atoms with Crippen LogP contribution < -0.4 is 5.32 Å². The summed E-state index contributed by atoms with van der Waals surface area (Å²) in [5.41, 5.74) is 2.06. The van der Waals surface area contributed by atoms with Crippen molar-refractivity contribution in [3.8, 4) is 0 Å². The van der Waals surface area contributed by atoms with Crippen molar-refractivity contribution in [2.45, 2.75) is 24.2 Å². The fourth-order valence-electron chi connectivity index (χ4n) is 2.09. The SMILES string of the molecule is CSc1cccc(NC(=O)CC(C)c2ccccc2)c1.